The predicted octanol–water partition coefficient (Wildman–Crippen LogP) is 2.80. The monoisotopic (exact) mass is 280 g/mol. The molecule has 0 aromatic heterocycles. The van der Waals surface area contributed by atoms with Crippen molar-refractivity contribution in [1.29, 1.82) is 0 Å². The summed E-state index contributed by atoms with van der Waals surface area (Å²) >= 11 is 1.06. The Morgan fingerprint density at radius 2 is 1.84 bits per heavy atom. The number of halogens is 2. The maximum Gasteiger partial charge on any atom is 0.249 e. The summed E-state index contributed by atoms with van der Waals surface area (Å²) in [5, 5.41) is 0. The molecule has 1 amide bonds. The van der Waals surface area contributed by atoms with Crippen molar-refractivity contribution in [2.24, 2.45) is 5.73 Å². The first kappa shape index (κ1) is 13.4. The summed E-state index contributed by atoms with van der Waals surface area (Å²) in [6, 6.07) is 8.19. The molecule has 0 radical (unpaired) electrons. The van der Waals surface area contributed by atoms with Gasteiger partial charge in [0.15, 0.2) is 11.6 Å². The Labute approximate surface area is 112 Å². The molecule has 0 fully saturated rings. The van der Waals surface area contributed by atoms with Gasteiger partial charge >= 0.3 is 0 Å². The summed E-state index contributed by atoms with van der Waals surface area (Å²) in [4.78, 5) is 12.2. The van der Waals surface area contributed by atoms with Crippen molar-refractivity contribution in [3.63, 3.8) is 0 Å². The molecule has 0 atom stereocenters. The topological polar surface area (TPSA) is 69.1 Å². The normalized spacial score (nSPS) is 10.4. The number of rotatable bonds is 3. The van der Waals surface area contributed by atoms with Gasteiger partial charge in [-0.05, 0) is 30.3 Å². The van der Waals surface area contributed by atoms with Crippen LogP contribution in [-0.4, -0.2) is 5.91 Å². The molecular formula is C13H10F2N2OS. The fourth-order valence-electron chi connectivity index (χ4n) is 1.52. The fraction of sp³-hybridized carbons (Fsp3) is 0. The van der Waals surface area contributed by atoms with Crippen LogP contribution in [0.5, 0.6) is 0 Å². The number of nitrogens with two attached hydrogens (primary N) is 2. The van der Waals surface area contributed by atoms with Crippen LogP contribution < -0.4 is 11.5 Å². The lowest BCUT2D eigenvalue weighted by molar-refractivity contribution is 0.0997. The summed E-state index contributed by atoms with van der Waals surface area (Å²) in [5.74, 6) is -2.52. The molecule has 0 saturated carbocycles. The van der Waals surface area contributed by atoms with Crippen molar-refractivity contribution in [3.05, 3.63) is 53.6 Å². The average Bonchev–Trinajstić information content (AvgIpc) is 2.36. The molecule has 0 aliphatic heterocycles. The Balaban J connectivity index is 2.42. The van der Waals surface area contributed by atoms with Crippen LogP contribution in [0.25, 0.3) is 0 Å². The maximum atomic E-state index is 13.1. The molecule has 2 aromatic carbocycles. The van der Waals surface area contributed by atoms with E-state index in [1.807, 2.05) is 0 Å². The van der Waals surface area contributed by atoms with Crippen LogP contribution in [0.3, 0.4) is 0 Å². The SMILES string of the molecule is NC(=O)c1cccc(N)c1Sc1ccc(F)c(F)c1. The van der Waals surface area contributed by atoms with E-state index < -0.39 is 17.5 Å². The molecule has 0 bridgehead atoms. The summed E-state index contributed by atoms with van der Waals surface area (Å²) < 4.78 is 26.0. The number of hydrogen-bond donors (Lipinski definition) is 2. The van der Waals surface area contributed by atoms with Crippen LogP contribution >= 0.6 is 11.8 Å². The lowest BCUT2D eigenvalue weighted by atomic mass is 10.2. The Kier molecular flexibility index (Phi) is 3.71. The maximum absolute atomic E-state index is 13.1. The summed E-state index contributed by atoms with van der Waals surface area (Å²) in [5.41, 5.74) is 11.6. The summed E-state index contributed by atoms with van der Waals surface area (Å²) in [6.45, 7) is 0. The highest BCUT2D eigenvalue weighted by molar-refractivity contribution is 7.99. The Hall–Kier alpha value is -2.08. The Bertz CT molecular complexity index is 647. The zero-order valence-electron chi connectivity index (χ0n) is 9.69. The van der Waals surface area contributed by atoms with Gasteiger partial charge in [-0.1, -0.05) is 17.8 Å². The quantitative estimate of drug-likeness (QED) is 0.849. The van der Waals surface area contributed by atoms with Gasteiger partial charge < -0.3 is 11.5 Å². The third-order valence-electron chi connectivity index (χ3n) is 2.42. The summed E-state index contributed by atoms with van der Waals surface area (Å²) in [6.07, 6.45) is 0. The predicted molar refractivity (Wildman–Crippen MR) is 69.9 cm³/mol. The van der Waals surface area contributed by atoms with Crippen molar-refractivity contribution in [2.75, 3.05) is 5.73 Å². The highest BCUT2D eigenvalue weighted by Gasteiger charge is 2.13. The van der Waals surface area contributed by atoms with Gasteiger partial charge in [0.25, 0.3) is 0 Å². The first-order chi connectivity index (χ1) is 8.99. The minimum atomic E-state index is -0.958. The van der Waals surface area contributed by atoms with Gasteiger partial charge in [0.1, 0.15) is 0 Å². The van der Waals surface area contributed by atoms with Crippen molar-refractivity contribution in [3.8, 4) is 0 Å². The van der Waals surface area contributed by atoms with Gasteiger partial charge in [-0.2, -0.15) is 0 Å². The molecule has 2 rings (SSSR count). The van der Waals surface area contributed by atoms with Gasteiger partial charge in [0.05, 0.1) is 5.56 Å². The minimum absolute atomic E-state index is 0.245. The number of hydrogen-bond acceptors (Lipinski definition) is 3. The molecule has 0 unspecified atom stereocenters. The molecule has 3 nitrogen and oxygen atoms in total. The fourth-order valence-corrected chi connectivity index (χ4v) is 2.52. The third-order valence-corrected chi connectivity index (χ3v) is 3.57. The number of nitrogen functional groups attached to an aromatic ring is 1. The molecule has 0 saturated heterocycles. The second kappa shape index (κ2) is 5.27. The lowest BCUT2D eigenvalue weighted by Crippen LogP contribution is -2.13. The zero-order valence-corrected chi connectivity index (χ0v) is 10.5. The van der Waals surface area contributed by atoms with E-state index in [0.29, 0.717) is 15.5 Å². The smallest absolute Gasteiger partial charge is 0.249 e. The number of anilines is 1. The zero-order chi connectivity index (χ0) is 14.0. The van der Waals surface area contributed by atoms with Crippen LogP contribution in [0.15, 0.2) is 46.2 Å². The van der Waals surface area contributed by atoms with Crippen molar-refractivity contribution in [1.82, 2.24) is 0 Å². The van der Waals surface area contributed by atoms with E-state index in [1.54, 1.807) is 12.1 Å². The Morgan fingerprint density at radius 1 is 1.11 bits per heavy atom. The van der Waals surface area contributed by atoms with E-state index in [0.717, 1.165) is 23.9 Å². The molecular weight excluding hydrogens is 270 g/mol. The number of carbonyl (C=O) groups excluding carboxylic acids is 1. The second-order valence-corrected chi connectivity index (χ2v) is 4.85. The van der Waals surface area contributed by atoms with E-state index >= 15 is 0 Å². The van der Waals surface area contributed by atoms with E-state index in [4.69, 9.17) is 11.5 Å². The first-order valence-corrected chi connectivity index (χ1v) is 6.12. The van der Waals surface area contributed by atoms with Crippen LogP contribution in [0.1, 0.15) is 10.4 Å². The van der Waals surface area contributed by atoms with Crippen LogP contribution in [0.2, 0.25) is 0 Å². The standard InChI is InChI=1S/C13H10F2N2OS/c14-9-5-4-7(6-10(9)15)19-12-8(13(17)18)2-1-3-11(12)16/h1-6H,16H2,(H2,17,18). The largest absolute Gasteiger partial charge is 0.398 e. The molecule has 0 aliphatic rings. The van der Waals surface area contributed by atoms with Crippen molar-refractivity contribution >= 4 is 23.4 Å². The van der Waals surface area contributed by atoms with Gasteiger partial charge in [0, 0.05) is 15.5 Å². The molecule has 0 heterocycles. The van der Waals surface area contributed by atoms with E-state index in [1.165, 1.54) is 12.1 Å². The molecule has 0 spiro atoms. The Morgan fingerprint density at radius 3 is 2.47 bits per heavy atom. The summed E-state index contributed by atoms with van der Waals surface area (Å²) in [7, 11) is 0. The first-order valence-electron chi connectivity index (χ1n) is 5.30. The minimum Gasteiger partial charge on any atom is -0.398 e. The molecule has 2 aromatic rings. The molecule has 98 valence electrons. The van der Waals surface area contributed by atoms with E-state index in [2.05, 4.69) is 0 Å². The highest BCUT2D eigenvalue weighted by atomic mass is 32.2. The number of primary amides is 1. The van der Waals surface area contributed by atoms with E-state index in [-0.39, 0.29) is 5.56 Å². The van der Waals surface area contributed by atoms with Crippen LogP contribution in [-0.2, 0) is 0 Å². The van der Waals surface area contributed by atoms with Crippen LogP contribution in [0.4, 0.5) is 14.5 Å². The van der Waals surface area contributed by atoms with Crippen molar-refractivity contribution < 1.29 is 13.6 Å². The number of carbonyl (C=O) groups is 1. The highest BCUT2D eigenvalue weighted by Crippen LogP contribution is 2.35. The molecule has 0 aliphatic carbocycles. The van der Waals surface area contributed by atoms with Gasteiger partial charge in [-0.15, -0.1) is 0 Å². The van der Waals surface area contributed by atoms with Gasteiger partial charge in [-0.3, -0.25) is 4.79 Å². The average molecular weight is 280 g/mol. The number of benzene rings is 2. The molecule has 19 heavy (non-hydrogen) atoms. The van der Waals surface area contributed by atoms with E-state index in [9.17, 15) is 13.6 Å². The third kappa shape index (κ3) is 2.85. The second-order valence-electron chi connectivity index (χ2n) is 3.77. The van der Waals surface area contributed by atoms with Gasteiger partial charge in [-0.25, -0.2) is 8.78 Å². The van der Waals surface area contributed by atoms with Gasteiger partial charge in [0.2, 0.25) is 5.91 Å². The lowest BCUT2D eigenvalue weighted by Gasteiger charge is -2.09. The van der Waals surface area contributed by atoms with Crippen molar-refractivity contribution in [2.45, 2.75) is 9.79 Å². The molecule has 6 heteroatoms. The number of amides is 1. The molecule has 4 N–H and O–H groups in total. The van der Waals surface area contributed by atoms with Crippen LogP contribution in [0, 0.1) is 11.6 Å².